The topological polar surface area (TPSA) is 76.5 Å². The molecule has 2 aromatic heterocycles. The van der Waals surface area contributed by atoms with E-state index in [0.29, 0.717) is 0 Å². The van der Waals surface area contributed by atoms with Crippen molar-refractivity contribution in [3.8, 4) is 11.3 Å². The Labute approximate surface area is 109 Å². The monoisotopic (exact) mass is 254 g/mol. The van der Waals surface area contributed by atoms with Crippen LogP contribution in [0.1, 0.15) is 5.56 Å². The number of H-pyrrole nitrogens is 3. The fourth-order valence-electron chi connectivity index (χ4n) is 1.93. The summed E-state index contributed by atoms with van der Waals surface area (Å²) in [6, 6.07) is 11.5. The molecule has 1 aromatic carbocycles. The van der Waals surface area contributed by atoms with E-state index in [1.54, 1.807) is 6.07 Å². The highest BCUT2D eigenvalue weighted by atomic mass is 16.1. The van der Waals surface area contributed by atoms with Crippen molar-refractivity contribution in [3.05, 3.63) is 64.7 Å². The zero-order valence-corrected chi connectivity index (χ0v) is 10.2. The Kier molecular flexibility index (Phi) is 2.94. The van der Waals surface area contributed by atoms with Gasteiger partial charge in [0, 0.05) is 30.7 Å². The molecule has 5 nitrogen and oxygen atoms in total. The second-order valence-electron chi connectivity index (χ2n) is 4.32. The molecule has 0 aliphatic rings. The van der Waals surface area contributed by atoms with Crippen LogP contribution in [0.3, 0.4) is 0 Å². The van der Waals surface area contributed by atoms with E-state index in [-0.39, 0.29) is 5.56 Å². The van der Waals surface area contributed by atoms with Crippen LogP contribution in [0.4, 0.5) is 5.69 Å². The van der Waals surface area contributed by atoms with E-state index in [4.69, 9.17) is 0 Å². The molecule has 0 atom stereocenters. The van der Waals surface area contributed by atoms with Gasteiger partial charge in [0.2, 0.25) is 0 Å². The van der Waals surface area contributed by atoms with E-state index in [1.807, 2.05) is 42.7 Å². The van der Waals surface area contributed by atoms with Crippen LogP contribution >= 0.6 is 0 Å². The lowest BCUT2D eigenvalue weighted by molar-refractivity contribution is 1.06. The van der Waals surface area contributed by atoms with Crippen LogP contribution in [0.5, 0.6) is 0 Å². The van der Waals surface area contributed by atoms with Crippen LogP contribution in [-0.2, 0) is 6.54 Å². The van der Waals surface area contributed by atoms with Crippen molar-refractivity contribution in [1.82, 2.24) is 15.2 Å². The SMILES string of the molecule is O=c1cc(-c2ccc(NCc3cc[nH]c3)cc2)[nH][nH]1. The molecule has 0 spiro atoms. The van der Waals surface area contributed by atoms with Crippen LogP contribution in [0, 0.1) is 0 Å². The molecular formula is C14H14N4O. The number of hydrogen-bond acceptors (Lipinski definition) is 2. The molecule has 3 aromatic rings. The summed E-state index contributed by atoms with van der Waals surface area (Å²) in [5, 5.41) is 8.69. The number of nitrogens with one attached hydrogen (secondary N) is 4. The van der Waals surface area contributed by atoms with Crippen LogP contribution in [-0.4, -0.2) is 15.2 Å². The minimum Gasteiger partial charge on any atom is -0.381 e. The van der Waals surface area contributed by atoms with Gasteiger partial charge in [0.05, 0.1) is 5.69 Å². The number of aromatic amines is 3. The predicted octanol–water partition coefficient (Wildman–Crippen LogP) is 2.31. The molecule has 0 unspecified atom stereocenters. The van der Waals surface area contributed by atoms with E-state index in [0.717, 1.165) is 23.5 Å². The van der Waals surface area contributed by atoms with Crippen LogP contribution in [0.2, 0.25) is 0 Å². The minimum atomic E-state index is -0.121. The Hall–Kier alpha value is -2.69. The third-order valence-corrected chi connectivity index (χ3v) is 2.95. The van der Waals surface area contributed by atoms with E-state index in [1.165, 1.54) is 5.56 Å². The molecule has 3 rings (SSSR count). The largest absolute Gasteiger partial charge is 0.381 e. The Morgan fingerprint density at radius 1 is 1.05 bits per heavy atom. The quantitative estimate of drug-likeness (QED) is 0.576. The summed E-state index contributed by atoms with van der Waals surface area (Å²) in [4.78, 5) is 14.1. The van der Waals surface area contributed by atoms with Gasteiger partial charge in [-0.05, 0) is 29.3 Å². The molecule has 0 aliphatic carbocycles. The molecular weight excluding hydrogens is 240 g/mol. The summed E-state index contributed by atoms with van der Waals surface area (Å²) < 4.78 is 0. The third kappa shape index (κ3) is 2.60. The van der Waals surface area contributed by atoms with Crippen molar-refractivity contribution in [1.29, 1.82) is 0 Å². The van der Waals surface area contributed by atoms with Gasteiger partial charge in [-0.3, -0.25) is 15.0 Å². The molecule has 0 fully saturated rings. The first-order chi connectivity index (χ1) is 9.31. The zero-order valence-electron chi connectivity index (χ0n) is 10.2. The summed E-state index contributed by atoms with van der Waals surface area (Å²) >= 11 is 0. The summed E-state index contributed by atoms with van der Waals surface area (Å²) in [5.74, 6) is 0. The molecule has 5 heteroatoms. The van der Waals surface area contributed by atoms with Crippen molar-refractivity contribution < 1.29 is 0 Å². The van der Waals surface area contributed by atoms with Crippen LogP contribution < -0.4 is 10.9 Å². The van der Waals surface area contributed by atoms with Gasteiger partial charge >= 0.3 is 0 Å². The van der Waals surface area contributed by atoms with Crippen molar-refractivity contribution in [2.75, 3.05) is 5.32 Å². The number of hydrogen-bond donors (Lipinski definition) is 4. The third-order valence-electron chi connectivity index (χ3n) is 2.95. The van der Waals surface area contributed by atoms with E-state index >= 15 is 0 Å². The van der Waals surface area contributed by atoms with Gasteiger partial charge in [-0.25, -0.2) is 0 Å². The van der Waals surface area contributed by atoms with Crippen molar-refractivity contribution in [2.24, 2.45) is 0 Å². The van der Waals surface area contributed by atoms with Gasteiger partial charge in [-0.2, -0.15) is 0 Å². The summed E-state index contributed by atoms with van der Waals surface area (Å²) in [7, 11) is 0. The standard InChI is InChI=1S/C14H14N4O/c19-14-7-13(17-18-14)11-1-3-12(4-2-11)16-9-10-5-6-15-8-10/h1-8,15-16H,9H2,(H2,17,18,19). The molecule has 0 radical (unpaired) electrons. The van der Waals surface area contributed by atoms with Crippen molar-refractivity contribution in [3.63, 3.8) is 0 Å². The molecule has 0 aliphatic heterocycles. The molecule has 0 bridgehead atoms. The Morgan fingerprint density at radius 3 is 2.53 bits per heavy atom. The molecule has 96 valence electrons. The lowest BCUT2D eigenvalue weighted by Gasteiger charge is -2.05. The molecule has 0 saturated carbocycles. The summed E-state index contributed by atoms with van der Waals surface area (Å²) in [5.41, 5.74) is 3.90. The zero-order chi connectivity index (χ0) is 13.1. The minimum absolute atomic E-state index is 0.121. The number of anilines is 1. The maximum absolute atomic E-state index is 11.1. The highest BCUT2D eigenvalue weighted by Gasteiger charge is 2.00. The fraction of sp³-hybridized carbons (Fsp3) is 0.0714. The highest BCUT2D eigenvalue weighted by molar-refractivity contribution is 5.62. The Bertz CT molecular complexity index is 692. The maximum atomic E-state index is 11.1. The molecule has 2 heterocycles. The van der Waals surface area contributed by atoms with Crippen LogP contribution in [0.15, 0.2) is 53.6 Å². The average Bonchev–Trinajstić information content (AvgIpc) is 3.08. The maximum Gasteiger partial charge on any atom is 0.264 e. The lowest BCUT2D eigenvalue weighted by atomic mass is 10.1. The summed E-state index contributed by atoms with van der Waals surface area (Å²) in [6.45, 7) is 0.782. The van der Waals surface area contributed by atoms with Gasteiger partial charge < -0.3 is 10.3 Å². The van der Waals surface area contributed by atoms with E-state index < -0.39 is 0 Å². The first-order valence-corrected chi connectivity index (χ1v) is 6.05. The van der Waals surface area contributed by atoms with Gasteiger partial charge in [0.25, 0.3) is 5.56 Å². The molecule has 19 heavy (non-hydrogen) atoms. The van der Waals surface area contributed by atoms with Gasteiger partial charge in [-0.15, -0.1) is 0 Å². The van der Waals surface area contributed by atoms with Gasteiger partial charge in [-0.1, -0.05) is 12.1 Å². The number of benzene rings is 1. The van der Waals surface area contributed by atoms with E-state index in [9.17, 15) is 4.79 Å². The van der Waals surface area contributed by atoms with Crippen LogP contribution in [0.25, 0.3) is 11.3 Å². The second kappa shape index (κ2) is 4.89. The lowest BCUT2D eigenvalue weighted by Crippen LogP contribution is -1.97. The normalized spacial score (nSPS) is 10.5. The Balaban J connectivity index is 1.70. The highest BCUT2D eigenvalue weighted by Crippen LogP contribution is 2.18. The van der Waals surface area contributed by atoms with Gasteiger partial charge in [0.15, 0.2) is 0 Å². The summed E-state index contributed by atoms with van der Waals surface area (Å²) in [6.07, 6.45) is 3.87. The fourth-order valence-corrected chi connectivity index (χ4v) is 1.93. The number of rotatable bonds is 4. The first kappa shape index (κ1) is 11.4. The Morgan fingerprint density at radius 2 is 1.89 bits per heavy atom. The first-order valence-electron chi connectivity index (χ1n) is 6.05. The number of aromatic nitrogens is 3. The second-order valence-corrected chi connectivity index (χ2v) is 4.32. The molecule has 0 amide bonds. The van der Waals surface area contributed by atoms with E-state index in [2.05, 4.69) is 20.5 Å². The molecule has 4 N–H and O–H groups in total. The van der Waals surface area contributed by atoms with Crippen molar-refractivity contribution in [2.45, 2.75) is 6.54 Å². The predicted molar refractivity (Wildman–Crippen MR) is 75.0 cm³/mol. The van der Waals surface area contributed by atoms with Gasteiger partial charge in [0.1, 0.15) is 0 Å². The molecule has 0 saturated heterocycles. The smallest absolute Gasteiger partial charge is 0.264 e. The van der Waals surface area contributed by atoms with Crippen molar-refractivity contribution >= 4 is 5.69 Å². The average molecular weight is 254 g/mol.